The Hall–Kier alpha value is -3.76. The number of nitrogens with one attached hydrogen (secondary N) is 2. The Kier molecular flexibility index (Phi) is 5.57. The minimum Gasteiger partial charge on any atom is -0.322 e. The summed E-state index contributed by atoms with van der Waals surface area (Å²) in [5.74, 6) is -5.35. The maximum Gasteiger partial charge on any atom is 0.278 e. The number of rotatable bonds is 5. The third-order valence-electron chi connectivity index (χ3n) is 3.87. The molecule has 2 aromatic carbocycles. The SMILES string of the molecule is Cc1c(C(=O)Nc2ccc(F)c(F)c2)nnn1CC(=O)Nc1ccc(F)cc1F. The molecule has 11 heteroatoms. The van der Waals surface area contributed by atoms with Gasteiger partial charge in [-0.1, -0.05) is 5.21 Å². The van der Waals surface area contributed by atoms with Crippen LogP contribution in [-0.4, -0.2) is 26.8 Å². The van der Waals surface area contributed by atoms with Gasteiger partial charge in [-0.05, 0) is 31.2 Å². The lowest BCUT2D eigenvalue weighted by atomic mass is 10.2. The zero-order chi connectivity index (χ0) is 21.1. The van der Waals surface area contributed by atoms with Gasteiger partial charge in [0.2, 0.25) is 5.91 Å². The van der Waals surface area contributed by atoms with Crippen LogP contribution in [0.5, 0.6) is 0 Å². The van der Waals surface area contributed by atoms with Gasteiger partial charge in [0.25, 0.3) is 5.91 Å². The van der Waals surface area contributed by atoms with E-state index >= 15 is 0 Å². The highest BCUT2D eigenvalue weighted by Gasteiger charge is 2.19. The first-order chi connectivity index (χ1) is 13.7. The largest absolute Gasteiger partial charge is 0.322 e. The number of anilines is 2. The van der Waals surface area contributed by atoms with Crippen molar-refractivity contribution in [1.82, 2.24) is 15.0 Å². The second-order valence-electron chi connectivity index (χ2n) is 5.94. The van der Waals surface area contributed by atoms with Crippen molar-refractivity contribution in [3.05, 3.63) is 71.1 Å². The highest BCUT2D eigenvalue weighted by atomic mass is 19.2. The van der Waals surface area contributed by atoms with Crippen molar-refractivity contribution in [3.8, 4) is 0 Å². The Morgan fingerprint density at radius 1 is 0.966 bits per heavy atom. The second-order valence-corrected chi connectivity index (χ2v) is 5.94. The molecule has 3 rings (SSSR count). The third kappa shape index (κ3) is 4.57. The van der Waals surface area contributed by atoms with Crippen LogP contribution in [0.25, 0.3) is 0 Å². The molecule has 0 atom stereocenters. The van der Waals surface area contributed by atoms with Gasteiger partial charge in [0, 0.05) is 17.8 Å². The van der Waals surface area contributed by atoms with Crippen LogP contribution < -0.4 is 10.6 Å². The monoisotopic (exact) mass is 407 g/mol. The summed E-state index contributed by atoms with van der Waals surface area (Å²) in [6.45, 7) is 1.07. The summed E-state index contributed by atoms with van der Waals surface area (Å²) in [5.41, 5.74) is -0.145. The normalized spacial score (nSPS) is 10.7. The fourth-order valence-electron chi connectivity index (χ4n) is 2.40. The number of carbonyl (C=O) groups is 2. The number of benzene rings is 2. The van der Waals surface area contributed by atoms with E-state index in [9.17, 15) is 27.2 Å². The average molecular weight is 407 g/mol. The predicted molar refractivity (Wildman–Crippen MR) is 94.1 cm³/mol. The molecule has 0 aliphatic carbocycles. The van der Waals surface area contributed by atoms with E-state index in [2.05, 4.69) is 20.9 Å². The van der Waals surface area contributed by atoms with Crippen LogP contribution in [0.15, 0.2) is 36.4 Å². The molecule has 0 radical (unpaired) electrons. The number of hydrogen-bond donors (Lipinski definition) is 2. The number of hydrogen-bond acceptors (Lipinski definition) is 4. The van der Waals surface area contributed by atoms with Crippen molar-refractivity contribution in [3.63, 3.8) is 0 Å². The smallest absolute Gasteiger partial charge is 0.278 e. The maximum absolute atomic E-state index is 13.6. The fraction of sp³-hybridized carbons (Fsp3) is 0.111. The Morgan fingerprint density at radius 2 is 1.72 bits per heavy atom. The molecule has 0 saturated heterocycles. The molecule has 1 aromatic heterocycles. The Labute approximate surface area is 161 Å². The van der Waals surface area contributed by atoms with E-state index in [1.165, 1.54) is 13.0 Å². The van der Waals surface area contributed by atoms with Crippen molar-refractivity contribution in [1.29, 1.82) is 0 Å². The lowest BCUT2D eigenvalue weighted by Gasteiger charge is -2.08. The Morgan fingerprint density at radius 3 is 2.41 bits per heavy atom. The first-order valence-electron chi connectivity index (χ1n) is 8.16. The summed E-state index contributed by atoms with van der Waals surface area (Å²) in [4.78, 5) is 24.3. The van der Waals surface area contributed by atoms with Crippen molar-refractivity contribution < 1.29 is 27.2 Å². The zero-order valence-corrected chi connectivity index (χ0v) is 14.8. The molecule has 29 heavy (non-hydrogen) atoms. The van der Waals surface area contributed by atoms with Crippen molar-refractivity contribution in [2.75, 3.05) is 10.6 Å². The summed E-state index contributed by atoms with van der Waals surface area (Å²) in [5, 5.41) is 12.0. The first-order valence-corrected chi connectivity index (χ1v) is 8.16. The Balaban J connectivity index is 1.68. The van der Waals surface area contributed by atoms with Gasteiger partial charge in [-0.2, -0.15) is 0 Å². The summed E-state index contributed by atoms with van der Waals surface area (Å²) < 4.78 is 53.8. The van der Waals surface area contributed by atoms with Gasteiger partial charge in [-0.15, -0.1) is 5.10 Å². The van der Waals surface area contributed by atoms with Crippen molar-refractivity contribution in [2.24, 2.45) is 0 Å². The van der Waals surface area contributed by atoms with Gasteiger partial charge in [0.1, 0.15) is 18.2 Å². The van der Waals surface area contributed by atoms with E-state index in [-0.39, 0.29) is 22.8 Å². The number of amides is 2. The molecule has 1 heterocycles. The van der Waals surface area contributed by atoms with Gasteiger partial charge in [-0.3, -0.25) is 9.59 Å². The third-order valence-corrected chi connectivity index (χ3v) is 3.87. The van der Waals surface area contributed by atoms with E-state index in [1.807, 2.05) is 0 Å². The standard InChI is InChI=1S/C18H13F4N5O2/c1-9-17(18(29)23-11-3-4-12(20)13(21)7-11)25-26-27(9)8-16(28)24-15-5-2-10(19)6-14(15)22/h2-7H,8H2,1H3,(H,23,29)(H,24,28). The predicted octanol–water partition coefficient (Wildman–Crippen LogP) is 3.03. The lowest BCUT2D eigenvalue weighted by molar-refractivity contribution is -0.117. The summed E-state index contributed by atoms with van der Waals surface area (Å²) in [7, 11) is 0. The van der Waals surface area contributed by atoms with Crippen LogP contribution in [0.2, 0.25) is 0 Å². The van der Waals surface area contributed by atoms with Gasteiger partial charge < -0.3 is 10.6 Å². The topological polar surface area (TPSA) is 88.9 Å². The fourth-order valence-corrected chi connectivity index (χ4v) is 2.40. The summed E-state index contributed by atoms with van der Waals surface area (Å²) >= 11 is 0. The lowest BCUT2D eigenvalue weighted by Crippen LogP contribution is -2.21. The summed E-state index contributed by atoms with van der Waals surface area (Å²) in [6.07, 6.45) is 0. The molecule has 2 N–H and O–H groups in total. The van der Waals surface area contributed by atoms with Crippen molar-refractivity contribution in [2.45, 2.75) is 13.5 Å². The number of aromatic nitrogens is 3. The molecule has 2 amide bonds. The van der Waals surface area contributed by atoms with E-state index in [4.69, 9.17) is 0 Å². The molecule has 0 aliphatic heterocycles. The van der Waals surface area contributed by atoms with Crippen LogP contribution in [0.1, 0.15) is 16.2 Å². The van der Waals surface area contributed by atoms with Crippen LogP contribution in [-0.2, 0) is 11.3 Å². The number of carbonyl (C=O) groups excluding carboxylic acids is 2. The van der Waals surface area contributed by atoms with Crippen LogP contribution in [0, 0.1) is 30.2 Å². The van der Waals surface area contributed by atoms with E-state index < -0.39 is 41.6 Å². The summed E-state index contributed by atoms with van der Waals surface area (Å²) in [6, 6.07) is 5.50. The molecular formula is C18H13F4N5O2. The molecule has 3 aromatic rings. The van der Waals surface area contributed by atoms with Gasteiger partial charge in [0.15, 0.2) is 17.3 Å². The van der Waals surface area contributed by atoms with Crippen LogP contribution in [0.4, 0.5) is 28.9 Å². The van der Waals surface area contributed by atoms with Gasteiger partial charge in [-0.25, -0.2) is 22.2 Å². The molecule has 0 saturated carbocycles. The minimum absolute atomic E-state index is 0.00683. The molecule has 150 valence electrons. The van der Waals surface area contributed by atoms with E-state index in [0.29, 0.717) is 6.07 Å². The van der Waals surface area contributed by atoms with Gasteiger partial charge in [0.05, 0.1) is 11.4 Å². The molecule has 0 bridgehead atoms. The van der Waals surface area contributed by atoms with E-state index in [0.717, 1.165) is 28.9 Å². The molecular weight excluding hydrogens is 394 g/mol. The maximum atomic E-state index is 13.6. The highest BCUT2D eigenvalue weighted by Crippen LogP contribution is 2.16. The van der Waals surface area contributed by atoms with Crippen molar-refractivity contribution >= 4 is 23.2 Å². The minimum atomic E-state index is -1.13. The average Bonchev–Trinajstić information content (AvgIpc) is 3.01. The molecule has 0 aliphatic rings. The van der Waals surface area contributed by atoms with E-state index in [1.54, 1.807) is 0 Å². The molecule has 0 spiro atoms. The quantitative estimate of drug-likeness (QED) is 0.637. The number of nitrogens with zero attached hydrogens (tertiary/aromatic N) is 3. The van der Waals surface area contributed by atoms with Gasteiger partial charge >= 0.3 is 0 Å². The van der Waals surface area contributed by atoms with Crippen LogP contribution in [0.3, 0.4) is 0 Å². The van der Waals surface area contributed by atoms with Crippen LogP contribution >= 0.6 is 0 Å². The molecule has 7 nitrogen and oxygen atoms in total. The molecule has 0 fully saturated rings. The highest BCUT2D eigenvalue weighted by molar-refractivity contribution is 6.03. The molecule has 0 unspecified atom stereocenters. The Bertz CT molecular complexity index is 1100. The zero-order valence-electron chi connectivity index (χ0n) is 14.8. The first kappa shape index (κ1) is 20.0. The number of halogens is 4. The second kappa shape index (κ2) is 8.09.